The summed E-state index contributed by atoms with van der Waals surface area (Å²) in [5, 5.41) is 3.28. The molecule has 0 heterocycles. The number of rotatable bonds is 4. The van der Waals surface area contributed by atoms with Gasteiger partial charge in [-0.3, -0.25) is 0 Å². The van der Waals surface area contributed by atoms with Crippen molar-refractivity contribution in [3.05, 3.63) is 12.2 Å². The molecule has 0 aliphatic rings. The molecule has 0 rings (SSSR count). The molecule has 1 nitrogen and oxygen atoms in total. The van der Waals surface area contributed by atoms with E-state index in [1.165, 1.54) is 5.57 Å². The van der Waals surface area contributed by atoms with E-state index >= 15 is 0 Å². The second-order valence-corrected chi connectivity index (χ2v) is 3.72. The van der Waals surface area contributed by atoms with Gasteiger partial charge in [-0.15, -0.1) is 0 Å². The Kier molecular flexibility index (Phi) is 4.43. The monoisotopic (exact) mass is 155 g/mol. The number of hydrogen-bond acceptors (Lipinski definition) is 1. The first-order valence-electron chi connectivity index (χ1n) is 4.33. The van der Waals surface area contributed by atoms with Crippen molar-refractivity contribution >= 4 is 0 Å². The highest BCUT2D eigenvalue weighted by molar-refractivity contribution is 5.03. The van der Waals surface area contributed by atoms with Crippen LogP contribution >= 0.6 is 0 Å². The van der Waals surface area contributed by atoms with E-state index in [1.807, 2.05) is 7.05 Å². The summed E-state index contributed by atoms with van der Waals surface area (Å²) >= 11 is 0. The number of nitrogens with one attached hydrogen (secondary N) is 1. The van der Waals surface area contributed by atoms with Crippen LogP contribution in [0.15, 0.2) is 12.2 Å². The molecule has 0 saturated heterocycles. The van der Waals surface area contributed by atoms with Crippen molar-refractivity contribution in [2.24, 2.45) is 11.8 Å². The largest absolute Gasteiger partial charge is 0.313 e. The molecule has 0 aromatic carbocycles. The van der Waals surface area contributed by atoms with Crippen LogP contribution in [0.1, 0.15) is 27.7 Å². The molecular weight excluding hydrogens is 134 g/mol. The first-order valence-corrected chi connectivity index (χ1v) is 4.33. The Labute approximate surface area is 70.9 Å². The van der Waals surface area contributed by atoms with Gasteiger partial charge in [0.15, 0.2) is 0 Å². The van der Waals surface area contributed by atoms with Crippen LogP contribution in [0.4, 0.5) is 0 Å². The fourth-order valence-electron chi connectivity index (χ4n) is 1.34. The molecule has 11 heavy (non-hydrogen) atoms. The molecule has 0 fully saturated rings. The maximum atomic E-state index is 3.97. The minimum absolute atomic E-state index is 0.468. The second kappa shape index (κ2) is 4.55. The van der Waals surface area contributed by atoms with Crippen LogP contribution in [-0.2, 0) is 0 Å². The van der Waals surface area contributed by atoms with Gasteiger partial charge < -0.3 is 5.32 Å². The molecule has 0 spiro atoms. The Hall–Kier alpha value is -0.300. The second-order valence-electron chi connectivity index (χ2n) is 3.72. The molecule has 0 aliphatic carbocycles. The minimum atomic E-state index is 0.468. The maximum Gasteiger partial charge on any atom is 0.0299 e. The van der Waals surface area contributed by atoms with Gasteiger partial charge in [-0.05, 0) is 25.8 Å². The van der Waals surface area contributed by atoms with E-state index in [9.17, 15) is 0 Å². The van der Waals surface area contributed by atoms with Gasteiger partial charge in [0.25, 0.3) is 0 Å². The van der Waals surface area contributed by atoms with Crippen LogP contribution < -0.4 is 5.32 Å². The van der Waals surface area contributed by atoms with Crippen molar-refractivity contribution in [3.8, 4) is 0 Å². The summed E-state index contributed by atoms with van der Waals surface area (Å²) in [6, 6.07) is 0.468. The summed E-state index contributed by atoms with van der Waals surface area (Å²) in [4.78, 5) is 0. The SMILES string of the molecule is C=C(C)C(NC)C(C)C(C)C. The van der Waals surface area contributed by atoms with Crippen LogP contribution in [0.25, 0.3) is 0 Å². The van der Waals surface area contributed by atoms with Crippen molar-refractivity contribution < 1.29 is 0 Å². The lowest BCUT2D eigenvalue weighted by molar-refractivity contribution is 0.342. The van der Waals surface area contributed by atoms with E-state index in [0.29, 0.717) is 17.9 Å². The molecule has 0 radical (unpaired) electrons. The highest BCUT2D eigenvalue weighted by Crippen LogP contribution is 2.18. The van der Waals surface area contributed by atoms with E-state index in [4.69, 9.17) is 0 Å². The lowest BCUT2D eigenvalue weighted by atomic mass is 9.87. The van der Waals surface area contributed by atoms with Gasteiger partial charge in [-0.2, -0.15) is 0 Å². The van der Waals surface area contributed by atoms with E-state index in [1.54, 1.807) is 0 Å². The van der Waals surface area contributed by atoms with E-state index < -0.39 is 0 Å². The molecule has 1 N–H and O–H groups in total. The highest BCUT2D eigenvalue weighted by atomic mass is 14.9. The molecule has 0 saturated carbocycles. The third kappa shape index (κ3) is 3.06. The Morgan fingerprint density at radius 3 is 1.82 bits per heavy atom. The molecule has 0 aliphatic heterocycles. The lowest BCUT2D eigenvalue weighted by Crippen LogP contribution is -2.35. The average Bonchev–Trinajstić information content (AvgIpc) is 1.88. The van der Waals surface area contributed by atoms with Gasteiger partial charge in [0, 0.05) is 6.04 Å². The Bertz CT molecular complexity index is 127. The standard InChI is InChI=1S/C10H21N/c1-7(2)9(5)10(11-6)8(3)4/h7,9-11H,3H2,1-2,4-6H3. The molecule has 0 aromatic rings. The zero-order valence-electron chi connectivity index (χ0n) is 8.44. The topological polar surface area (TPSA) is 12.0 Å². The maximum absolute atomic E-state index is 3.97. The summed E-state index contributed by atoms with van der Waals surface area (Å²) in [5.74, 6) is 1.38. The summed E-state index contributed by atoms with van der Waals surface area (Å²) in [6.07, 6.45) is 0. The van der Waals surface area contributed by atoms with Crippen molar-refractivity contribution in [1.82, 2.24) is 5.32 Å². The van der Waals surface area contributed by atoms with Crippen molar-refractivity contribution in [2.75, 3.05) is 7.05 Å². The third-order valence-corrected chi connectivity index (χ3v) is 2.42. The van der Waals surface area contributed by atoms with Crippen LogP contribution in [-0.4, -0.2) is 13.1 Å². The Balaban J connectivity index is 4.14. The lowest BCUT2D eigenvalue weighted by Gasteiger charge is -2.26. The fraction of sp³-hybridized carbons (Fsp3) is 0.800. The Morgan fingerprint density at radius 2 is 1.73 bits per heavy atom. The van der Waals surface area contributed by atoms with Crippen LogP contribution in [0.5, 0.6) is 0 Å². The quantitative estimate of drug-likeness (QED) is 0.615. The summed E-state index contributed by atoms with van der Waals surface area (Å²) in [6.45, 7) is 12.8. The molecular formula is C10H21N. The normalized spacial score (nSPS) is 16.5. The third-order valence-electron chi connectivity index (χ3n) is 2.42. The van der Waals surface area contributed by atoms with Gasteiger partial charge >= 0.3 is 0 Å². The van der Waals surface area contributed by atoms with Gasteiger partial charge in [0.2, 0.25) is 0 Å². The first-order chi connectivity index (χ1) is 5.00. The van der Waals surface area contributed by atoms with Crippen LogP contribution in [0.2, 0.25) is 0 Å². The average molecular weight is 155 g/mol. The molecule has 2 atom stereocenters. The Morgan fingerprint density at radius 1 is 1.27 bits per heavy atom. The summed E-state index contributed by atoms with van der Waals surface area (Å²) in [7, 11) is 2.00. The zero-order chi connectivity index (χ0) is 9.02. The van der Waals surface area contributed by atoms with Gasteiger partial charge in [-0.1, -0.05) is 32.9 Å². The van der Waals surface area contributed by atoms with Gasteiger partial charge in [0.05, 0.1) is 0 Å². The highest BCUT2D eigenvalue weighted by Gasteiger charge is 2.18. The number of hydrogen-bond donors (Lipinski definition) is 1. The predicted molar refractivity (Wildman–Crippen MR) is 51.7 cm³/mol. The molecule has 2 unspecified atom stereocenters. The molecule has 66 valence electrons. The van der Waals surface area contributed by atoms with Gasteiger partial charge in [-0.25, -0.2) is 0 Å². The van der Waals surface area contributed by atoms with Crippen LogP contribution in [0.3, 0.4) is 0 Å². The summed E-state index contributed by atoms with van der Waals surface area (Å²) < 4.78 is 0. The van der Waals surface area contributed by atoms with E-state index in [0.717, 1.165) is 0 Å². The fourth-order valence-corrected chi connectivity index (χ4v) is 1.34. The minimum Gasteiger partial charge on any atom is -0.313 e. The molecule has 1 heteroatoms. The van der Waals surface area contributed by atoms with Gasteiger partial charge in [0.1, 0.15) is 0 Å². The van der Waals surface area contributed by atoms with Crippen molar-refractivity contribution in [2.45, 2.75) is 33.7 Å². The van der Waals surface area contributed by atoms with E-state index in [-0.39, 0.29) is 0 Å². The molecule has 0 aromatic heterocycles. The predicted octanol–water partition coefficient (Wildman–Crippen LogP) is 2.44. The molecule has 0 amide bonds. The van der Waals surface area contributed by atoms with Crippen molar-refractivity contribution in [1.29, 1.82) is 0 Å². The van der Waals surface area contributed by atoms with E-state index in [2.05, 4.69) is 39.6 Å². The molecule has 0 bridgehead atoms. The zero-order valence-corrected chi connectivity index (χ0v) is 8.44. The number of likely N-dealkylation sites (N-methyl/N-ethyl adjacent to an activating group) is 1. The smallest absolute Gasteiger partial charge is 0.0299 e. The van der Waals surface area contributed by atoms with Crippen molar-refractivity contribution in [3.63, 3.8) is 0 Å². The van der Waals surface area contributed by atoms with Crippen LogP contribution in [0, 0.1) is 11.8 Å². The summed E-state index contributed by atoms with van der Waals surface area (Å²) in [5.41, 5.74) is 1.23. The first kappa shape index (κ1) is 10.7.